The molecule has 108 valence electrons. The van der Waals surface area contributed by atoms with Crippen LogP contribution in [0.2, 0.25) is 0 Å². The summed E-state index contributed by atoms with van der Waals surface area (Å²) >= 11 is 0. The Balaban J connectivity index is 2.22. The van der Waals surface area contributed by atoms with Gasteiger partial charge >= 0.3 is 5.97 Å². The SMILES string of the molecule is NC1CCCCC1Nc1ccc(C(=O)O)c([N+](=O)[O-])c1. The normalized spacial score (nSPS) is 22.2. The number of benzene rings is 1. The highest BCUT2D eigenvalue weighted by Crippen LogP contribution is 2.26. The quantitative estimate of drug-likeness (QED) is 0.572. The van der Waals surface area contributed by atoms with Crippen LogP contribution in [0.3, 0.4) is 0 Å². The minimum atomic E-state index is -1.31. The molecule has 0 spiro atoms. The summed E-state index contributed by atoms with van der Waals surface area (Å²) in [6.07, 6.45) is 4.00. The van der Waals surface area contributed by atoms with Crippen LogP contribution >= 0.6 is 0 Å². The zero-order valence-corrected chi connectivity index (χ0v) is 10.9. The number of nitrogens with zero attached hydrogens (tertiary/aromatic N) is 1. The second-order valence-corrected chi connectivity index (χ2v) is 4.99. The first-order valence-electron chi connectivity index (χ1n) is 6.53. The van der Waals surface area contributed by atoms with E-state index < -0.39 is 16.6 Å². The molecule has 1 fully saturated rings. The van der Waals surface area contributed by atoms with Crippen LogP contribution in [0.4, 0.5) is 11.4 Å². The van der Waals surface area contributed by atoms with Crippen molar-refractivity contribution in [1.82, 2.24) is 0 Å². The molecule has 20 heavy (non-hydrogen) atoms. The Morgan fingerprint density at radius 3 is 2.70 bits per heavy atom. The smallest absolute Gasteiger partial charge is 0.342 e. The van der Waals surface area contributed by atoms with Crippen molar-refractivity contribution in [2.24, 2.45) is 5.73 Å². The zero-order valence-electron chi connectivity index (χ0n) is 10.9. The molecule has 0 saturated heterocycles. The summed E-state index contributed by atoms with van der Waals surface area (Å²) in [4.78, 5) is 21.2. The highest BCUT2D eigenvalue weighted by Gasteiger charge is 2.24. The van der Waals surface area contributed by atoms with Crippen molar-refractivity contribution in [2.75, 3.05) is 5.32 Å². The third-order valence-corrected chi connectivity index (χ3v) is 3.60. The van der Waals surface area contributed by atoms with Crippen molar-refractivity contribution in [1.29, 1.82) is 0 Å². The second kappa shape index (κ2) is 5.87. The number of rotatable bonds is 4. The molecule has 1 aliphatic carbocycles. The predicted octanol–water partition coefficient (Wildman–Crippen LogP) is 1.97. The van der Waals surface area contributed by atoms with Gasteiger partial charge in [-0.05, 0) is 25.0 Å². The molecular weight excluding hydrogens is 262 g/mol. The van der Waals surface area contributed by atoms with E-state index in [1.54, 1.807) is 0 Å². The lowest BCUT2D eigenvalue weighted by Gasteiger charge is -2.30. The third kappa shape index (κ3) is 3.05. The van der Waals surface area contributed by atoms with Crippen molar-refractivity contribution in [2.45, 2.75) is 37.8 Å². The van der Waals surface area contributed by atoms with Crippen LogP contribution < -0.4 is 11.1 Å². The van der Waals surface area contributed by atoms with Gasteiger partial charge in [0.25, 0.3) is 5.69 Å². The predicted molar refractivity (Wildman–Crippen MR) is 73.9 cm³/mol. The Morgan fingerprint density at radius 1 is 1.40 bits per heavy atom. The van der Waals surface area contributed by atoms with Gasteiger partial charge < -0.3 is 16.2 Å². The van der Waals surface area contributed by atoms with E-state index in [9.17, 15) is 14.9 Å². The number of nitrogens with one attached hydrogen (secondary N) is 1. The average molecular weight is 279 g/mol. The fourth-order valence-electron chi connectivity index (χ4n) is 2.51. The first-order chi connectivity index (χ1) is 9.49. The van der Waals surface area contributed by atoms with E-state index in [1.165, 1.54) is 18.2 Å². The number of carboxylic acid groups (broad SMARTS) is 1. The van der Waals surface area contributed by atoms with Crippen molar-refractivity contribution >= 4 is 17.3 Å². The summed E-state index contributed by atoms with van der Waals surface area (Å²) in [6.45, 7) is 0. The van der Waals surface area contributed by atoms with Gasteiger partial charge in [-0.15, -0.1) is 0 Å². The summed E-state index contributed by atoms with van der Waals surface area (Å²) in [5, 5.41) is 23.0. The molecule has 0 heterocycles. The fourth-order valence-corrected chi connectivity index (χ4v) is 2.51. The Hall–Kier alpha value is -2.15. The number of carboxylic acids is 1. The summed E-state index contributed by atoms with van der Waals surface area (Å²) < 4.78 is 0. The van der Waals surface area contributed by atoms with E-state index >= 15 is 0 Å². The third-order valence-electron chi connectivity index (χ3n) is 3.60. The molecule has 7 heteroatoms. The molecule has 0 aliphatic heterocycles. The van der Waals surface area contributed by atoms with Gasteiger partial charge in [0.15, 0.2) is 0 Å². The highest BCUT2D eigenvalue weighted by atomic mass is 16.6. The molecule has 2 rings (SSSR count). The van der Waals surface area contributed by atoms with E-state index in [0.717, 1.165) is 25.7 Å². The topological polar surface area (TPSA) is 118 Å². The Morgan fingerprint density at radius 2 is 2.10 bits per heavy atom. The molecule has 1 saturated carbocycles. The van der Waals surface area contributed by atoms with Crippen LogP contribution in [0.1, 0.15) is 36.0 Å². The zero-order chi connectivity index (χ0) is 14.7. The molecule has 2 atom stereocenters. The molecule has 1 aromatic rings. The minimum Gasteiger partial charge on any atom is -0.477 e. The van der Waals surface area contributed by atoms with E-state index in [-0.39, 0.29) is 17.6 Å². The maximum absolute atomic E-state index is 10.9. The highest BCUT2D eigenvalue weighted by molar-refractivity contribution is 5.93. The van der Waals surface area contributed by atoms with Crippen molar-refractivity contribution < 1.29 is 14.8 Å². The molecule has 1 aromatic carbocycles. The molecule has 0 bridgehead atoms. The molecule has 4 N–H and O–H groups in total. The van der Waals surface area contributed by atoms with Crippen molar-refractivity contribution in [3.8, 4) is 0 Å². The van der Waals surface area contributed by atoms with Gasteiger partial charge in [0.1, 0.15) is 5.56 Å². The lowest BCUT2D eigenvalue weighted by atomic mass is 9.91. The summed E-state index contributed by atoms with van der Waals surface area (Å²) in [5.74, 6) is -1.31. The number of nitro benzene ring substituents is 1. The van der Waals surface area contributed by atoms with Gasteiger partial charge in [0, 0.05) is 23.8 Å². The largest absolute Gasteiger partial charge is 0.477 e. The lowest BCUT2D eigenvalue weighted by Crippen LogP contribution is -2.42. The molecule has 2 unspecified atom stereocenters. The van der Waals surface area contributed by atoms with Crippen LogP contribution in [0, 0.1) is 10.1 Å². The summed E-state index contributed by atoms with van der Waals surface area (Å²) in [7, 11) is 0. The second-order valence-electron chi connectivity index (χ2n) is 4.99. The van der Waals surface area contributed by atoms with E-state index in [0.29, 0.717) is 5.69 Å². The first kappa shape index (κ1) is 14.3. The Kier molecular flexibility index (Phi) is 4.19. The van der Waals surface area contributed by atoms with Gasteiger partial charge in [-0.3, -0.25) is 10.1 Å². The van der Waals surface area contributed by atoms with Gasteiger partial charge in [-0.1, -0.05) is 12.8 Å². The number of hydrogen-bond acceptors (Lipinski definition) is 5. The van der Waals surface area contributed by atoms with Crippen LogP contribution in [-0.2, 0) is 0 Å². The number of nitro groups is 1. The van der Waals surface area contributed by atoms with Gasteiger partial charge in [-0.25, -0.2) is 4.79 Å². The van der Waals surface area contributed by atoms with E-state index in [1.807, 2.05) is 0 Å². The molecule has 7 nitrogen and oxygen atoms in total. The van der Waals surface area contributed by atoms with E-state index in [2.05, 4.69) is 5.32 Å². The van der Waals surface area contributed by atoms with Crippen LogP contribution in [0.25, 0.3) is 0 Å². The maximum Gasteiger partial charge on any atom is 0.342 e. The lowest BCUT2D eigenvalue weighted by molar-refractivity contribution is -0.385. The molecule has 0 aromatic heterocycles. The molecule has 0 amide bonds. The standard InChI is InChI=1S/C13H17N3O4/c14-10-3-1-2-4-11(10)15-8-5-6-9(13(17)18)12(7-8)16(19)20/h5-7,10-11,15H,1-4,14H2,(H,17,18). The van der Waals surface area contributed by atoms with E-state index in [4.69, 9.17) is 10.8 Å². The minimum absolute atomic E-state index is 0.0157. The van der Waals surface area contributed by atoms with Crippen molar-refractivity contribution in [3.63, 3.8) is 0 Å². The fraction of sp³-hybridized carbons (Fsp3) is 0.462. The number of nitrogens with two attached hydrogens (primary N) is 1. The van der Waals surface area contributed by atoms with Gasteiger partial charge in [-0.2, -0.15) is 0 Å². The number of hydrogen-bond donors (Lipinski definition) is 3. The van der Waals surface area contributed by atoms with Gasteiger partial charge in [0.05, 0.1) is 4.92 Å². The first-order valence-corrected chi connectivity index (χ1v) is 6.53. The number of carbonyl (C=O) groups is 1. The Bertz CT molecular complexity index is 532. The maximum atomic E-state index is 10.9. The summed E-state index contributed by atoms with van der Waals surface area (Å²) in [5.41, 5.74) is 5.82. The molecular formula is C13H17N3O4. The van der Waals surface area contributed by atoms with Gasteiger partial charge in [0.2, 0.25) is 0 Å². The van der Waals surface area contributed by atoms with Crippen molar-refractivity contribution in [3.05, 3.63) is 33.9 Å². The molecule has 0 radical (unpaired) electrons. The molecule has 1 aliphatic rings. The average Bonchev–Trinajstić information content (AvgIpc) is 2.41. The Labute approximate surface area is 115 Å². The van der Waals surface area contributed by atoms with Crippen LogP contribution in [-0.4, -0.2) is 28.1 Å². The van der Waals surface area contributed by atoms with Crippen LogP contribution in [0.15, 0.2) is 18.2 Å². The number of aromatic carboxylic acids is 1. The monoisotopic (exact) mass is 279 g/mol. The summed E-state index contributed by atoms with van der Waals surface area (Å²) in [6, 6.07) is 4.13. The van der Waals surface area contributed by atoms with Crippen LogP contribution in [0.5, 0.6) is 0 Å². The number of anilines is 1.